The maximum atomic E-state index is 9.11. The number of aliphatic hydroxyl groups is 1. The number of aryl methyl sites for hydroxylation is 1. The van der Waals surface area contributed by atoms with Gasteiger partial charge in [-0.25, -0.2) is 0 Å². The van der Waals surface area contributed by atoms with E-state index in [1.165, 1.54) is 48.8 Å². The van der Waals surface area contributed by atoms with E-state index in [1.807, 2.05) is 0 Å². The van der Waals surface area contributed by atoms with Crippen LogP contribution in [0.1, 0.15) is 54.7 Å². The third-order valence-electron chi connectivity index (χ3n) is 4.01. The molecule has 2 nitrogen and oxygen atoms in total. The summed E-state index contributed by atoms with van der Waals surface area (Å²) < 4.78 is 5.60. The minimum absolute atomic E-state index is 0.218. The van der Waals surface area contributed by atoms with Gasteiger partial charge in [-0.05, 0) is 48.8 Å². The first-order valence-electron chi connectivity index (χ1n) is 7.04. The maximum Gasteiger partial charge on any atom is 0.125 e. The zero-order valence-electron chi connectivity index (χ0n) is 11.5. The fraction of sp³-hybridized carbons (Fsp3) is 0.625. The summed E-state index contributed by atoms with van der Waals surface area (Å²) in [7, 11) is 1.76. The molecule has 1 fully saturated rings. The topological polar surface area (TPSA) is 29.5 Å². The van der Waals surface area contributed by atoms with Crippen LogP contribution in [0.3, 0.4) is 0 Å². The SMILES string of the molecule is COc1c(C)cc(CCO)cc1C1CCCCC1. The van der Waals surface area contributed by atoms with E-state index in [0.717, 1.165) is 12.2 Å². The molecule has 1 aliphatic rings. The first kappa shape index (κ1) is 13.4. The number of ether oxygens (including phenoxy) is 1. The first-order valence-corrected chi connectivity index (χ1v) is 7.04. The fourth-order valence-electron chi connectivity index (χ4n) is 3.15. The number of hydrogen-bond acceptors (Lipinski definition) is 2. The van der Waals surface area contributed by atoms with Crippen molar-refractivity contribution in [2.45, 2.75) is 51.4 Å². The van der Waals surface area contributed by atoms with Crippen LogP contribution in [-0.4, -0.2) is 18.8 Å². The Balaban J connectivity index is 2.34. The van der Waals surface area contributed by atoms with Crippen molar-refractivity contribution < 1.29 is 9.84 Å². The van der Waals surface area contributed by atoms with Gasteiger partial charge in [-0.3, -0.25) is 0 Å². The molecule has 0 unspecified atom stereocenters. The van der Waals surface area contributed by atoms with Crippen molar-refractivity contribution in [1.29, 1.82) is 0 Å². The Bertz CT molecular complexity index is 392. The smallest absolute Gasteiger partial charge is 0.125 e. The standard InChI is InChI=1S/C16H24O2/c1-12-10-13(8-9-17)11-15(16(12)18-2)14-6-4-3-5-7-14/h10-11,14,17H,3-9H2,1-2H3. The number of benzene rings is 1. The molecule has 0 atom stereocenters. The van der Waals surface area contributed by atoms with E-state index >= 15 is 0 Å². The molecule has 2 heteroatoms. The Morgan fingerprint density at radius 2 is 1.94 bits per heavy atom. The second kappa shape index (κ2) is 6.24. The van der Waals surface area contributed by atoms with E-state index in [-0.39, 0.29) is 6.61 Å². The molecule has 0 spiro atoms. The number of methoxy groups -OCH3 is 1. The lowest BCUT2D eigenvalue weighted by Crippen LogP contribution is -2.08. The molecule has 0 radical (unpaired) electrons. The van der Waals surface area contributed by atoms with E-state index in [4.69, 9.17) is 9.84 Å². The van der Waals surface area contributed by atoms with Crippen molar-refractivity contribution in [1.82, 2.24) is 0 Å². The third-order valence-corrected chi connectivity index (χ3v) is 4.01. The van der Waals surface area contributed by atoms with Crippen LogP contribution >= 0.6 is 0 Å². The van der Waals surface area contributed by atoms with Crippen molar-refractivity contribution in [3.8, 4) is 5.75 Å². The molecule has 0 saturated heterocycles. The van der Waals surface area contributed by atoms with E-state index in [0.29, 0.717) is 5.92 Å². The molecule has 0 amide bonds. The first-order chi connectivity index (χ1) is 8.76. The Hall–Kier alpha value is -1.02. The van der Waals surface area contributed by atoms with E-state index < -0.39 is 0 Å². The van der Waals surface area contributed by atoms with Gasteiger partial charge in [-0.1, -0.05) is 31.4 Å². The number of rotatable bonds is 4. The van der Waals surface area contributed by atoms with Crippen LogP contribution in [0.15, 0.2) is 12.1 Å². The van der Waals surface area contributed by atoms with Gasteiger partial charge in [0.15, 0.2) is 0 Å². The highest BCUT2D eigenvalue weighted by molar-refractivity contribution is 5.46. The zero-order chi connectivity index (χ0) is 13.0. The molecule has 0 bridgehead atoms. The Kier molecular flexibility index (Phi) is 4.65. The van der Waals surface area contributed by atoms with Crippen molar-refractivity contribution in [2.75, 3.05) is 13.7 Å². The average Bonchev–Trinajstić information content (AvgIpc) is 2.39. The van der Waals surface area contributed by atoms with E-state index in [1.54, 1.807) is 7.11 Å². The van der Waals surface area contributed by atoms with Crippen molar-refractivity contribution in [2.24, 2.45) is 0 Å². The predicted octanol–water partition coefficient (Wildman–Crippen LogP) is 3.59. The summed E-state index contributed by atoms with van der Waals surface area (Å²) in [6.45, 7) is 2.32. The van der Waals surface area contributed by atoms with E-state index in [9.17, 15) is 0 Å². The molecule has 18 heavy (non-hydrogen) atoms. The molecule has 1 aromatic carbocycles. The minimum Gasteiger partial charge on any atom is -0.496 e. The quantitative estimate of drug-likeness (QED) is 0.882. The van der Waals surface area contributed by atoms with Crippen molar-refractivity contribution in [3.05, 3.63) is 28.8 Å². The molecule has 1 aromatic rings. The highest BCUT2D eigenvalue weighted by Crippen LogP contribution is 2.39. The molecule has 0 heterocycles. The lowest BCUT2D eigenvalue weighted by atomic mass is 9.82. The third kappa shape index (κ3) is 2.86. The van der Waals surface area contributed by atoms with Gasteiger partial charge >= 0.3 is 0 Å². The van der Waals surface area contributed by atoms with Gasteiger partial charge in [0.2, 0.25) is 0 Å². The van der Waals surface area contributed by atoms with Crippen LogP contribution in [0, 0.1) is 6.92 Å². The molecule has 1 N–H and O–H groups in total. The average molecular weight is 248 g/mol. The number of aliphatic hydroxyl groups excluding tert-OH is 1. The summed E-state index contributed by atoms with van der Waals surface area (Å²) in [6, 6.07) is 4.39. The summed E-state index contributed by atoms with van der Waals surface area (Å²) in [5, 5.41) is 9.11. The highest BCUT2D eigenvalue weighted by Gasteiger charge is 2.20. The molecule has 0 aromatic heterocycles. The van der Waals surface area contributed by atoms with Crippen LogP contribution in [0.4, 0.5) is 0 Å². The molecular formula is C16H24O2. The van der Waals surface area contributed by atoms with Crippen LogP contribution in [0.25, 0.3) is 0 Å². The van der Waals surface area contributed by atoms with Crippen LogP contribution in [-0.2, 0) is 6.42 Å². The van der Waals surface area contributed by atoms with Gasteiger partial charge in [0.25, 0.3) is 0 Å². The second-order valence-corrected chi connectivity index (χ2v) is 5.34. The molecule has 2 rings (SSSR count). The second-order valence-electron chi connectivity index (χ2n) is 5.34. The Morgan fingerprint density at radius 3 is 2.56 bits per heavy atom. The van der Waals surface area contributed by atoms with Crippen LogP contribution in [0.2, 0.25) is 0 Å². The predicted molar refractivity (Wildman–Crippen MR) is 74.3 cm³/mol. The lowest BCUT2D eigenvalue weighted by molar-refractivity contribution is 0.299. The minimum atomic E-state index is 0.218. The molecule has 0 aliphatic heterocycles. The van der Waals surface area contributed by atoms with Crippen LogP contribution in [0.5, 0.6) is 5.75 Å². The molecular weight excluding hydrogens is 224 g/mol. The highest BCUT2D eigenvalue weighted by atomic mass is 16.5. The monoisotopic (exact) mass is 248 g/mol. The summed E-state index contributed by atoms with van der Waals surface area (Å²) >= 11 is 0. The summed E-state index contributed by atoms with van der Waals surface area (Å²) in [5.41, 5.74) is 3.79. The molecule has 1 saturated carbocycles. The van der Waals surface area contributed by atoms with E-state index in [2.05, 4.69) is 19.1 Å². The maximum absolute atomic E-state index is 9.11. The summed E-state index contributed by atoms with van der Waals surface area (Å²) in [6.07, 6.45) is 7.32. The Morgan fingerprint density at radius 1 is 1.22 bits per heavy atom. The van der Waals surface area contributed by atoms with Crippen molar-refractivity contribution >= 4 is 0 Å². The van der Waals surface area contributed by atoms with Gasteiger partial charge in [-0.2, -0.15) is 0 Å². The molecule has 1 aliphatic carbocycles. The summed E-state index contributed by atoms with van der Waals surface area (Å²) in [4.78, 5) is 0. The van der Waals surface area contributed by atoms with Gasteiger partial charge in [0, 0.05) is 6.61 Å². The van der Waals surface area contributed by atoms with Gasteiger partial charge in [0.1, 0.15) is 5.75 Å². The normalized spacial score (nSPS) is 16.8. The number of hydrogen-bond donors (Lipinski definition) is 1. The van der Waals surface area contributed by atoms with Gasteiger partial charge < -0.3 is 9.84 Å². The fourth-order valence-corrected chi connectivity index (χ4v) is 3.15. The Labute approximate surface area is 110 Å². The van der Waals surface area contributed by atoms with Gasteiger partial charge in [-0.15, -0.1) is 0 Å². The summed E-state index contributed by atoms with van der Waals surface area (Å²) in [5.74, 6) is 1.70. The lowest BCUT2D eigenvalue weighted by Gasteiger charge is -2.25. The van der Waals surface area contributed by atoms with Crippen LogP contribution < -0.4 is 4.74 Å². The zero-order valence-corrected chi connectivity index (χ0v) is 11.5. The van der Waals surface area contributed by atoms with Gasteiger partial charge in [0.05, 0.1) is 7.11 Å². The largest absolute Gasteiger partial charge is 0.496 e. The molecule has 100 valence electrons. The van der Waals surface area contributed by atoms with Crippen molar-refractivity contribution in [3.63, 3.8) is 0 Å².